The zero-order valence-corrected chi connectivity index (χ0v) is 9.74. The Hall–Kier alpha value is -1.28. The molecule has 0 amide bonds. The molecule has 84 valence electrons. The van der Waals surface area contributed by atoms with Crippen LogP contribution in [0.5, 0.6) is 0 Å². The zero-order valence-electron chi connectivity index (χ0n) is 9.74. The highest BCUT2D eigenvalue weighted by atomic mass is 15.0. The van der Waals surface area contributed by atoms with Crippen molar-refractivity contribution in [3.05, 3.63) is 36.0 Å². The van der Waals surface area contributed by atoms with Crippen LogP contribution < -0.4 is 5.32 Å². The smallest absolute Gasteiger partial charge is 0.0483 e. The van der Waals surface area contributed by atoms with Crippen LogP contribution in [0.15, 0.2) is 30.5 Å². The summed E-state index contributed by atoms with van der Waals surface area (Å²) < 4.78 is 2.30. The summed E-state index contributed by atoms with van der Waals surface area (Å²) in [5, 5.41) is 4.90. The first-order valence-electron chi connectivity index (χ1n) is 6.18. The van der Waals surface area contributed by atoms with Crippen molar-refractivity contribution in [2.75, 3.05) is 0 Å². The number of nitrogens with one attached hydrogen (secondary N) is 1. The van der Waals surface area contributed by atoms with Crippen LogP contribution in [0.2, 0.25) is 0 Å². The molecule has 1 aliphatic rings. The van der Waals surface area contributed by atoms with Gasteiger partial charge in [-0.15, -0.1) is 0 Å². The van der Waals surface area contributed by atoms with E-state index >= 15 is 0 Å². The number of nitrogens with zero attached hydrogens (tertiary/aromatic N) is 1. The molecule has 2 aromatic rings. The fraction of sp³-hybridized carbons (Fsp3) is 0.429. The number of hydrogen-bond donors (Lipinski definition) is 1. The Bertz CT molecular complexity index is 494. The predicted molar refractivity (Wildman–Crippen MR) is 67.5 cm³/mol. The molecule has 0 saturated heterocycles. The van der Waals surface area contributed by atoms with E-state index in [1.165, 1.54) is 29.3 Å². The minimum Gasteiger partial charge on any atom is -0.348 e. The number of benzene rings is 1. The molecule has 1 aliphatic carbocycles. The number of rotatable bonds is 4. The summed E-state index contributed by atoms with van der Waals surface area (Å²) in [7, 11) is 0. The minimum atomic E-state index is 0.786. The number of aromatic nitrogens is 1. The van der Waals surface area contributed by atoms with E-state index in [9.17, 15) is 0 Å². The molecule has 3 rings (SSSR count). The first-order valence-corrected chi connectivity index (χ1v) is 6.18. The fourth-order valence-electron chi connectivity index (χ4n) is 2.16. The molecular formula is C14H18N2. The van der Waals surface area contributed by atoms with Gasteiger partial charge in [-0.05, 0) is 42.8 Å². The van der Waals surface area contributed by atoms with Crippen LogP contribution in [0.1, 0.15) is 25.3 Å². The summed E-state index contributed by atoms with van der Waals surface area (Å²) in [4.78, 5) is 0. The van der Waals surface area contributed by atoms with E-state index in [-0.39, 0.29) is 0 Å². The molecule has 16 heavy (non-hydrogen) atoms. The lowest BCUT2D eigenvalue weighted by Crippen LogP contribution is -2.15. The Morgan fingerprint density at radius 3 is 2.94 bits per heavy atom. The van der Waals surface area contributed by atoms with Crippen LogP contribution in [-0.4, -0.2) is 10.6 Å². The van der Waals surface area contributed by atoms with Crippen molar-refractivity contribution in [3.63, 3.8) is 0 Å². The van der Waals surface area contributed by atoms with Gasteiger partial charge in [0.05, 0.1) is 0 Å². The fourth-order valence-corrected chi connectivity index (χ4v) is 2.16. The largest absolute Gasteiger partial charge is 0.348 e. The first-order chi connectivity index (χ1) is 7.86. The third-order valence-corrected chi connectivity index (χ3v) is 3.35. The minimum absolute atomic E-state index is 0.786. The number of aryl methyl sites for hydroxylation is 1. The van der Waals surface area contributed by atoms with Crippen molar-refractivity contribution < 1.29 is 0 Å². The van der Waals surface area contributed by atoms with Gasteiger partial charge in [0.2, 0.25) is 0 Å². The Labute approximate surface area is 96.3 Å². The zero-order chi connectivity index (χ0) is 11.0. The van der Waals surface area contributed by atoms with Crippen molar-refractivity contribution >= 4 is 10.9 Å². The molecule has 2 nitrogen and oxygen atoms in total. The molecule has 1 saturated carbocycles. The maximum Gasteiger partial charge on any atom is 0.0483 e. The highest BCUT2D eigenvalue weighted by Gasteiger charge is 2.19. The Kier molecular flexibility index (Phi) is 2.44. The molecule has 1 fully saturated rings. The first kappa shape index (κ1) is 9.91. The van der Waals surface area contributed by atoms with Gasteiger partial charge in [-0.25, -0.2) is 0 Å². The molecule has 2 heteroatoms. The van der Waals surface area contributed by atoms with E-state index in [4.69, 9.17) is 0 Å². The quantitative estimate of drug-likeness (QED) is 0.828. The van der Waals surface area contributed by atoms with Crippen molar-refractivity contribution in [2.24, 2.45) is 0 Å². The number of hydrogen-bond acceptors (Lipinski definition) is 1. The van der Waals surface area contributed by atoms with Crippen LogP contribution in [0.4, 0.5) is 0 Å². The molecule has 0 radical (unpaired) electrons. The molecule has 0 aliphatic heterocycles. The highest BCUT2D eigenvalue weighted by Crippen LogP contribution is 2.21. The van der Waals surface area contributed by atoms with Crippen LogP contribution in [0.25, 0.3) is 10.9 Å². The van der Waals surface area contributed by atoms with Gasteiger partial charge in [-0.1, -0.05) is 12.1 Å². The standard InChI is InChI=1S/C14H18N2/c1-2-16-8-7-12-4-3-11(9-14(12)16)10-15-13-5-6-13/h3-4,7-9,13,15H,2,5-6,10H2,1H3. The van der Waals surface area contributed by atoms with Gasteiger partial charge in [0.25, 0.3) is 0 Å². The van der Waals surface area contributed by atoms with Crippen LogP contribution in [0.3, 0.4) is 0 Å². The van der Waals surface area contributed by atoms with Gasteiger partial charge in [0, 0.05) is 30.8 Å². The average Bonchev–Trinajstić information content (AvgIpc) is 3.05. The predicted octanol–water partition coefficient (Wildman–Crippen LogP) is 2.91. The van der Waals surface area contributed by atoms with Gasteiger partial charge in [-0.3, -0.25) is 0 Å². The molecule has 0 atom stereocenters. The molecule has 1 aromatic heterocycles. The third kappa shape index (κ3) is 1.85. The second kappa shape index (κ2) is 3.95. The van der Waals surface area contributed by atoms with Gasteiger partial charge >= 0.3 is 0 Å². The summed E-state index contributed by atoms with van der Waals surface area (Å²) in [5.41, 5.74) is 2.75. The van der Waals surface area contributed by atoms with Crippen LogP contribution in [0, 0.1) is 0 Å². The van der Waals surface area contributed by atoms with Gasteiger partial charge in [0.1, 0.15) is 0 Å². The van der Waals surface area contributed by atoms with Crippen LogP contribution in [-0.2, 0) is 13.1 Å². The van der Waals surface area contributed by atoms with Crippen LogP contribution >= 0.6 is 0 Å². The number of fused-ring (bicyclic) bond motifs is 1. The molecule has 1 aromatic carbocycles. The van der Waals surface area contributed by atoms with E-state index in [0.29, 0.717) is 0 Å². The monoisotopic (exact) mass is 214 g/mol. The summed E-state index contributed by atoms with van der Waals surface area (Å²) in [6.07, 6.45) is 4.88. The van der Waals surface area contributed by atoms with Crippen molar-refractivity contribution in [3.8, 4) is 0 Å². The molecule has 0 unspecified atom stereocenters. The molecule has 1 heterocycles. The van der Waals surface area contributed by atoms with Crippen molar-refractivity contribution in [1.29, 1.82) is 0 Å². The van der Waals surface area contributed by atoms with Crippen molar-refractivity contribution in [1.82, 2.24) is 9.88 Å². The summed E-state index contributed by atoms with van der Waals surface area (Å²) in [5.74, 6) is 0. The average molecular weight is 214 g/mol. The van der Waals surface area contributed by atoms with Gasteiger partial charge < -0.3 is 9.88 Å². The highest BCUT2D eigenvalue weighted by molar-refractivity contribution is 5.80. The van der Waals surface area contributed by atoms with Gasteiger partial charge in [-0.2, -0.15) is 0 Å². The van der Waals surface area contributed by atoms with E-state index in [0.717, 1.165) is 19.1 Å². The summed E-state index contributed by atoms with van der Waals surface area (Å²) in [6.45, 7) is 4.24. The second-order valence-electron chi connectivity index (χ2n) is 4.65. The maximum absolute atomic E-state index is 3.56. The SMILES string of the molecule is CCn1ccc2ccc(CNC3CC3)cc21. The van der Waals surface area contributed by atoms with E-state index in [1.54, 1.807) is 0 Å². The lowest BCUT2D eigenvalue weighted by Gasteiger charge is -2.05. The Morgan fingerprint density at radius 1 is 1.31 bits per heavy atom. The molecular weight excluding hydrogens is 196 g/mol. The molecule has 1 N–H and O–H groups in total. The van der Waals surface area contributed by atoms with Gasteiger partial charge in [0.15, 0.2) is 0 Å². The van der Waals surface area contributed by atoms with E-state index in [1.807, 2.05) is 0 Å². The summed E-state index contributed by atoms with van der Waals surface area (Å²) in [6, 6.07) is 9.75. The lowest BCUT2D eigenvalue weighted by molar-refractivity contribution is 0.688. The van der Waals surface area contributed by atoms with E-state index in [2.05, 4.69) is 47.3 Å². The Morgan fingerprint density at radius 2 is 2.19 bits per heavy atom. The normalized spacial score (nSPS) is 15.8. The second-order valence-corrected chi connectivity index (χ2v) is 4.65. The van der Waals surface area contributed by atoms with Crippen molar-refractivity contribution in [2.45, 2.75) is 38.9 Å². The summed E-state index contributed by atoms with van der Waals surface area (Å²) >= 11 is 0. The maximum atomic E-state index is 3.56. The Balaban J connectivity index is 1.87. The third-order valence-electron chi connectivity index (χ3n) is 3.35. The topological polar surface area (TPSA) is 17.0 Å². The molecule has 0 bridgehead atoms. The lowest BCUT2D eigenvalue weighted by atomic mass is 10.1. The molecule has 0 spiro atoms. The van der Waals surface area contributed by atoms with E-state index < -0.39 is 0 Å².